The number of anilines is 2. The standard InChI is InChI=1S/C24H21N3O3S3/c1-15(33-19-9-4-7-17(13-19)25-23(29)21-10-5-11-31-21)22(28)27-24-26-20(14-32-24)16-6-3-8-18(12-16)30-2/h3-15H,1-2H3,(H,25,29)(H,26,27,28). The summed E-state index contributed by atoms with van der Waals surface area (Å²) in [6.45, 7) is 1.84. The highest BCUT2D eigenvalue weighted by Gasteiger charge is 2.17. The number of ether oxygens (including phenoxy) is 1. The van der Waals surface area contributed by atoms with Crippen LogP contribution in [0, 0.1) is 0 Å². The van der Waals surface area contributed by atoms with Crippen molar-refractivity contribution in [2.45, 2.75) is 17.1 Å². The van der Waals surface area contributed by atoms with E-state index in [0.29, 0.717) is 15.7 Å². The molecule has 4 aromatic rings. The van der Waals surface area contributed by atoms with Crippen molar-refractivity contribution in [3.8, 4) is 17.0 Å². The van der Waals surface area contributed by atoms with Crippen molar-refractivity contribution in [2.75, 3.05) is 17.7 Å². The molecule has 2 heterocycles. The van der Waals surface area contributed by atoms with E-state index in [9.17, 15) is 9.59 Å². The van der Waals surface area contributed by atoms with Crippen molar-refractivity contribution in [3.05, 3.63) is 76.3 Å². The predicted octanol–water partition coefficient (Wildman–Crippen LogP) is 6.25. The van der Waals surface area contributed by atoms with Crippen LogP contribution in [0.1, 0.15) is 16.6 Å². The van der Waals surface area contributed by atoms with Crippen molar-refractivity contribution in [1.29, 1.82) is 0 Å². The highest BCUT2D eigenvalue weighted by Crippen LogP contribution is 2.30. The first-order valence-electron chi connectivity index (χ1n) is 10.0. The lowest BCUT2D eigenvalue weighted by molar-refractivity contribution is -0.115. The first kappa shape index (κ1) is 23.0. The van der Waals surface area contributed by atoms with Crippen LogP contribution in [-0.2, 0) is 4.79 Å². The number of methoxy groups -OCH3 is 1. The Morgan fingerprint density at radius 2 is 1.88 bits per heavy atom. The van der Waals surface area contributed by atoms with E-state index < -0.39 is 0 Å². The molecule has 0 radical (unpaired) electrons. The van der Waals surface area contributed by atoms with E-state index in [1.165, 1.54) is 34.4 Å². The summed E-state index contributed by atoms with van der Waals surface area (Å²) in [5.41, 5.74) is 2.40. The molecule has 2 aromatic heterocycles. The van der Waals surface area contributed by atoms with Crippen LogP contribution >= 0.6 is 34.4 Å². The minimum atomic E-state index is -0.350. The van der Waals surface area contributed by atoms with E-state index in [-0.39, 0.29) is 17.1 Å². The summed E-state index contributed by atoms with van der Waals surface area (Å²) in [7, 11) is 1.62. The normalized spacial score (nSPS) is 11.6. The van der Waals surface area contributed by atoms with Crippen LogP contribution in [0.4, 0.5) is 10.8 Å². The fraction of sp³-hybridized carbons (Fsp3) is 0.125. The van der Waals surface area contributed by atoms with Gasteiger partial charge in [0.2, 0.25) is 5.91 Å². The smallest absolute Gasteiger partial charge is 0.265 e. The van der Waals surface area contributed by atoms with Crippen LogP contribution < -0.4 is 15.4 Å². The molecule has 0 aliphatic carbocycles. The Balaban J connectivity index is 1.36. The Morgan fingerprint density at radius 3 is 2.67 bits per heavy atom. The molecule has 4 rings (SSSR count). The number of rotatable bonds is 8. The van der Waals surface area contributed by atoms with Gasteiger partial charge in [0.25, 0.3) is 5.91 Å². The zero-order valence-electron chi connectivity index (χ0n) is 17.9. The van der Waals surface area contributed by atoms with Gasteiger partial charge in [0.05, 0.1) is 22.9 Å². The first-order valence-corrected chi connectivity index (χ1v) is 12.7. The molecule has 9 heteroatoms. The summed E-state index contributed by atoms with van der Waals surface area (Å²) in [6, 6.07) is 18.7. The molecule has 2 aromatic carbocycles. The van der Waals surface area contributed by atoms with E-state index in [2.05, 4.69) is 15.6 Å². The number of nitrogens with one attached hydrogen (secondary N) is 2. The summed E-state index contributed by atoms with van der Waals surface area (Å²) >= 11 is 4.19. The molecule has 0 saturated heterocycles. The molecule has 0 saturated carbocycles. The third-order valence-corrected chi connectivity index (χ3v) is 7.34. The number of carbonyl (C=O) groups is 2. The number of benzene rings is 2. The van der Waals surface area contributed by atoms with Crippen molar-refractivity contribution < 1.29 is 14.3 Å². The second-order valence-corrected chi connectivity index (χ2v) is 10.2. The van der Waals surface area contributed by atoms with Gasteiger partial charge in [-0.25, -0.2) is 4.98 Å². The van der Waals surface area contributed by atoms with Crippen molar-refractivity contribution >= 4 is 57.1 Å². The minimum Gasteiger partial charge on any atom is -0.497 e. The summed E-state index contributed by atoms with van der Waals surface area (Å²) in [4.78, 5) is 31.1. The van der Waals surface area contributed by atoms with Crippen molar-refractivity contribution in [2.24, 2.45) is 0 Å². The van der Waals surface area contributed by atoms with Crippen LogP contribution in [0.5, 0.6) is 5.75 Å². The van der Waals surface area contributed by atoms with Gasteiger partial charge in [-0.1, -0.05) is 24.3 Å². The largest absolute Gasteiger partial charge is 0.497 e. The van der Waals surface area contributed by atoms with E-state index in [0.717, 1.165) is 21.9 Å². The van der Waals surface area contributed by atoms with Crippen LogP contribution in [0.2, 0.25) is 0 Å². The SMILES string of the molecule is COc1cccc(-c2csc(NC(=O)C(C)Sc3cccc(NC(=O)c4cccs4)c3)n2)c1. The summed E-state index contributed by atoms with van der Waals surface area (Å²) in [5, 5.41) is 9.75. The fourth-order valence-corrected chi connectivity index (χ4v) is 5.23. The second kappa shape index (κ2) is 10.7. The summed E-state index contributed by atoms with van der Waals surface area (Å²) in [6.07, 6.45) is 0. The van der Waals surface area contributed by atoms with Gasteiger partial charge in [0, 0.05) is 21.5 Å². The maximum Gasteiger partial charge on any atom is 0.265 e. The molecule has 33 heavy (non-hydrogen) atoms. The molecule has 6 nitrogen and oxygen atoms in total. The Hall–Kier alpha value is -3.14. The second-order valence-electron chi connectivity index (χ2n) is 6.98. The predicted molar refractivity (Wildman–Crippen MR) is 137 cm³/mol. The summed E-state index contributed by atoms with van der Waals surface area (Å²) in [5.74, 6) is 0.470. The highest BCUT2D eigenvalue weighted by molar-refractivity contribution is 8.00. The molecule has 0 spiro atoms. The fourth-order valence-electron chi connectivity index (χ4n) is 2.96. The average molecular weight is 496 g/mol. The zero-order valence-corrected chi connectivity index (χ0v) is 20.4. The molecule has 0 bridgehead atoms. The molecule has 168 valence electrons. The molecule has 2 amide bonds. The number of thiazole rings is 1. The lowest BCUT2D eigenvalue weighted by atomic mass is 10.2. The monoisotopic (exact) mass is 495 g/mol. The van der Waals surface area contributed by atoms with Gasteiger partial charge < -0.3 is 15.4 Å². The van der Waals surface area contributed by atoms with Gasteiger partial charge >= 0.3 is 0 Å². The number of hydrogen-bond acceptors (Lipinski definition) is 7. The lowest BCUT2D eigenvalue weighted by Crippen LogP contribution is -2.22. The van der Waals surface area contributed by atoms with Gasteiger partial charge in [-0.2, -0.15) is 0 Å². The van der Waals surface area contributed by atoms with E-state index >= 15 is 0 Å². The average Bonchev–Trinajstić information content (AvgIpc) is 3.52. The zero-order chi connectivity index (χ0) is 23.2. The molecule has 1 unspecified atom stereocenters. The molecule has 0 aliphatic heterocycles. The number of nitrogens with zero attached hydrogens (tertiary/aromatic N) is 1. The Morgan fingerprint density at radius 1 is 1.03 bits per heavy atom. The molecule has 1 atom stereocenters. The number of amides is 2. The van der Waals surface area contributed by atoms with Crippen LogP contribution in [0.25, 0.3) is 11.3 Å². The van der Waals surface area contributed by atoms with Gasteiger partial charge in [-0.3, -0.25) is 9.59 Å². The number of carbonyl (C=O) groups excluding carboxylic acids is 2. The maximum absolute atomic E-state index is 12.7. The topological polar surface area (TPSA) is 80.3 Å². The van der Waals surface area contributed by atoms with E-state index in [1.54, 1.807) is 13.2 Å². The van der Waals surface area contributed by atoms with Gasteiger partial charge in [-0.05, 0) is 48.7 Å². The Kier molecular flexibility index (Phi) is 7.43. The first-order chi connectivity index (χ1) is 16.0. The lowest BCUT2D eigenvalue weighted by Gasteiger charge is -2.12. The van der Waals surface area contributed by atoms with Crippen molar-refractivity contribution in [1.82, 2.24) is 4.98 Å². The molecular weight excluding hydrogens is 474 g/mol. The van der Waals surface area contributed by atoms with Crippen molar-refractivity contribution in [3.63, 3.8) is 0 Å². The molecule has 2 N–H and O–H groups in total. The summed E-state index contributed by atoms with van der Waals surface area (Å²) < 4.78 is 5.26. The van der Waals surface area contributed by atoms with Crippen LogP contribution in [0.15, 0.2) is 76.3 Å². The van der Waals surface area contributed by atoms with Gasteiger partial charge in [-0.15, -0.1) is 34.4 Å². The Bertz CT molecular complexity index is 1250. The molecule has 0 fully saturated rings. The number of thioether (sulfide) groups is 1. The Labute approximate surface area is 204 Å². The molecule has 0 aliphatic rings. The number of thiophene rings is 1. The van der Waals surface area contributed by atoms with Gasteiger partial charge in [0.1, 0.15) is 5.75 Å². The third kappa shape index (κ3) is 6.01. The van der Waals surface area contributed by atoms with Crippen LogP contribution in [-0.4, -0.2) is 29.2 Å². The van der Waals surface area contributed by atoms with E-state index in [4.69, 9.17) is 4.74 Å². The number of hydrogen-bond donors (Lipinski definition) is 2. The van der Waals surface area contributed by atoms with Crippen LogP contribution in [0.3, 0.4) is 0 Å². The maximum atomic E-state index is 12.7. The number of aromatic nitrogens is 1. The molecular formula is C24H21N3O3S3. The highest BCUT2D eigenvalue weighted by atomic mass is 32.2. The minimum absolute atomic E-state index is 0.139. The van der Waals surface area contributed by atoms with Gasteiger partial charge in [0.15, 0.2) is 5.13 Å². The third-order valence-electron chi connectivity index (χ3n) is 4.62. The quantitative estimate of drug-likeness (QED) is 0.282. The van der Waals surface area contributed by atoms with E-state index in [1.807, 2.05) is 72.3 Å².